The second-order valence-corrected chi connectivity index (χ2v) is 5.92. The average Bonchev–Trinajstić information content (AvgIpc) is 3.10. The van der Waals surface area contributed by atoms with Gasteiger partial charge < -0.3 is 20.1 Å². The van der Waals surface area contributed by atoms with E-state index < -0.39 is 0 Å². The number of rotatable bonds is 7. The fourth-order valence-electron chi connectivity index (χ4n) is 1.77. The summed E-state index contributed by atoms with van der Waals surface area (Å²) in [5, 5.41) is 14.0. The van der Waals surface area contributed by atoms with Gasteiger partial charge in [0, 0.05) is 27.2 Å². The van der Waals surface area contributed by atoms with E-state index in [-0.39, 0.29) is 6.10 Å². The van der Waals surface area contributed by atoms with Gasteiger partial charge in [0.25, 0.3) is 0 Å². The lowest BCUT2D eigenvalue weighted by Gasteiger charge is -2.09. The Labute approximate surface area is 112 Å². The molecule has 6 heteroatoms. The Morgan fingerprint density at radius 3 is 2.83 bits per heavy atom. The van der Waals surface area contributed by atoms with E-state index in [1.54, 1.807) is 18.4 Å². The Kier molecular flexibility index (Phi) is 4.42. The Balaban J connectivity index is 1.87. The fraction of sp³-hybridized carbons (Fsp3) is 0.750. The van der Waals surface area contributed by atoms with Crippen molar-refractivity contribution in [1.82, 2.24) is 10.3 Å². The molecule has 1 fully saturated rings. The molecule has 1 aromatic heterocycles. The third-order valence-corrected chi connectivity index (χ3v) is 4.24. The predicted octanol–water partition coefficient (Wildman–Crippen LogP) is 1.08. The molecule has 0 aliphatic heterocycles. The molecular weight excluding hydrogens is 250 g/mol. The number of thiazole rings is 1. The molecule has 1 aliphatic carbocycles. The average molecular weight is 271 g/mol. The van der Waals surface area contributed by atoms with Crippen molar-refractivity contribution >= 4 is 16.5 Å². The van der Waals surface area contributed by atoms with Gasteiger partial charge in [0.15, 0.2) is 5.13 Å². The molecular formula is C12H21N3O2S. The topological polar surface area (TPSA) is 57.6 Å². The maximum atomic E-state index is 9.77. The van der Waals surface area contributed by atoms with Gasteiger partial charge >= 0.3 is 0 Å². The normalized spacial score (nSPS) is 16.7. The van der Waals surface area contributed by atoms with Crippen LogP contribution in [-0.2, 0) is 6.54 Å². The van der Waals surface area contributed by atoms with Crippen LogP contribution in [0.15, 0.2) is 0 Å². The van der Waals surface area contributed by atoms with E-state index in [0.29, 0.717) is 24.9 Å². The maximum Gasteiger partial charge on any atom is 0.230 e. The van der Waals surface area contributed by atoms with Crippen LogP contribution < -0.4 is 15.0 Å². The molecule has 18 heavy (non-hydrogen) atoms. The third-order valence-electron chi connectivity index (χ3n) is 3.03. The Morgan fingerprint density at radius 2 is 2.28 bits per heavy atom. The van der Waals surface area contributed by atoms with Crippen molar-refractivity contribution in [2.24, 2.45) is 5.92 Å². The third kappa shape index (κ3) is 3.34. The Morgan fingerprint density at radius 1 is 1.56 bits per heavy atom. The molecule has 5 nitrogen and oxygen atoms in total. The number of nitrogens with zero attached hydrogens (tertiary/aromatic N) is 2. The highest BCUT2D eigenvalue weighted by molar-refractivity contribution is 7.15. The van der Waals surface area contributed by atoms with Gasteiger partial charge in [-0.1, -0.05) is 11.3 Å². The van der Waals surface area contributed by atoms with Gasteiger partial charge in [0.1, 0.15) is 0 Å². The summed E-state index contributed by atoms with van der Waals surface area (Å²) in [4.78, 5) is 7.43. The highest BCUT2D eigenvalue weighted by Gasteiger charge is 2.29. The lowest BCUT2D eigenvalue weighted by Crippen LogP contribution is -2.27. The van der Waals surface area contributed by atoms with Crippen molar-refractivity contribution in [1.29, 1.82) is 0 Å². The number of nitrogens with one attached hydrogen (secondary N) is 1. The molecule has 1 aromatic rings. The van der Waals surface area contributed by atoms with E-state index in [0.717, 1.165) is 22.9 Å². The van der Waals surface area contributed by atoms with Crippen molar-refractivity contribution in [2.75, 3.05) is 32.6 Å². The summed E-state index contributed by atoms with van der Waals surface area (Å²) >= 11 is 1.61. The van der Waals surface area contributed by atoms with Crippen molar-refractivity contribution in [3.05, 3.63) is 4.88 Å². The molecule has 0 aromatic carbocycles. The number of anilines is 1. The second-order valence-electron chi connectivity index (χ2n) is 4.86. The van der Waals surface area contributed by atoms with E-state index in [1.165, 1.54) is 0 Å². The molecule has 1 atom stereocenters. The van der Waals surface area contributed by atoms with Crippen molar-refractivity contribution < 1.29 is 9.84 Å². The summed E-state index contributed by atoms with van der Waals surface area (Å²) in [7, 11) is 5.57. The molecule has 0 bridgehead atoms. The maximum absolute atomic E-state index is 9.77. The standard InChI is InChI=1S/C12H21N3O2S/c1-15(2)12-14-11(17-3)10(18-12)7-13-6-9(16)8-4-5-8/h8-9,13,16H,4-7H2,1-3H3. The van der Waals surface area contributed by atoms with Crippen LogP contribution in [0.1, 0.15) is 17.7 Å². The first-order valence-electron chi connectivity index (χ1n) is 6.21. The predicted molar refractivity (Wildman–Crippen MR) is 73.4 cm³/mol. The van der Waals surface area contributed by atoms with E-state index >= 15 is 0 Å². The molecule has 0 radical (unpaired) electrons. The largest absolute Gasteiger partial charge is 0.480 e. The van der Waals surface area contributed by atoms with Gasteiger partial charge in [-0.3, -0.25) is 0 Å². The van der Waals surface area contributed by atoms with Gasteiger partial charge in [-0.15, -0.1) is 0 Å². The van der Waals surface area contributed by atoms with Crippen LogP contribution in [0.5, 0.6) is 5.88 Å². The summed E-state index contributed by atoms with van der Waals surface area (Å²) in [6, 6.07) is 0. The van der Waals surface area contributed by atoms with E-state index in [2.05, 4.69) is 10.3 Å². The number of hydrogen-bond acceptors (Lipinski definition) is 6. The molecule has 2 N–H and O–H groups in total. The zero-order valence-electron chi connectivity index (χ0n) is 11.1. The minimum Gasteiger partial charge on any atom is -0.480 e. The van der Waals surface area contributed by atoms with Crippen molar-refractivity contribution in [3.8, 4) is 5.88 Å². The van der Waals surface area contributed by atoms with Crippen molar-refractivity contribution in [3.63, 3.8) is 0 Å². The number of aliphatic hydroxyl groups is 1. The lowest BCUT2D eigenvalue weighted by atomic mass is 10.2. The van der Waals surface area contributed by atoms with Gasteiger partial charge in [0.2, 0.25) is 5.88 Å². The summed E-state index contributed by atoms with van der Waals surface area (Å²) in [6.45, 7) is 1.33. The van der Waals surface area contributed by atoms with Crippen molar-refractivity contribution in [2.45, 2.75) is 25.5 Å². The highest BCUT2D eigenvalue weighted by Crippen LogP contribution is 2.33. The van der Waals surface area contributed by atoms with Gasteiger partial charge in [-0.2, -0.15) is 4.98 Å². The highest BCUT2D eigenvalue weighted by atomic mass is 32.1. The monoisotopic (exact) mass is 271 g/mol. The molecule has 102 valence electrons. The zero-order chi connectivity index (χ0) is 13.1. The number of aliphatic hydroxyl groups excluding tert-OH is 1. The second kappa shape index (κ2) is 5.86. The molecule has 1 heterocycles. The Bertz CT molecular complexity index is 391. The van der Waals surface area contributed by atoms with Crippen LogP contribution in [0, 0.1) is 5.92 Å². The number of hydrogen-bond donors (Lipinski definition) is 2. The first-order chi connectivity index (χ1) is 8.61. The van der Waals surface area contributed by atoms with E-state index in [9.17, 15) is 5.11 Å². The molecule has 1 aliphatic rings. The fourth-order valence-corrected chi connectivity index (χ4v) is 2.69. The van der Waals surface area contributed by atoms with Gasteiger partial charge in [-0.25, -0.2) is 0 Å². The summed E-state index contributed by atoms with van der Waals surface area (Å²) in [6.07, 6.45) is 2.12. The van der Waals surface area contributed by atoms with Crippen LogP contribution in [0.4, 0.5) is 5.13 Å². The lowest BCUT2D eigenvalue weighted by molar-refractivity contribution is 0.148. The van der Waals surface area contributed by atoms with Crippen LogP contribution in [-0.4, -0.2) is 43.9 Å². The van der Waals surface area contributed by atoms with Crippen LogP contribution in [0.3, 0.4) is 0 Å². The molecule has 0 saturated heterocycles. The molecule has 1 saturated carbocycles. The number of ether oxygens (including phenoxy) is 1. The number of methoxy groups -OCH3 is 1. The van der Waals surface area contributed by atoms with Crippen LogP contribution >= 0.6 is 11.3 Å². The Hall–Kier alpha value is -0.850. The molecule has 0 amide bonds. The summed E-state index contributed by atoms with van der Waals surface area (Å²) in [5.74, 6) is 1.19. The van der Waals surface area contributed by atoms with Gasteiger partial charge in [0.05, 0.1) is 18.1 Å². The first kappa shape index (κ1) is 13.6. The van der Waals surface area contributed by atoms with Gasteiger partial charge in [-0.05, 0) is 18.8 Å². The number of aromatic nitrogens is 1. The quantitative estimate of drug-likeness (QED) is 0.777. The minimum atomic E-state index is -0.211. The first-order valence-corrected chi connectivity index (χ1v) is 7.03. The zero-order valence-corrected chi connectivity index (χ0v) is 12.0. The van der Waals surface area contributed by atoms with E-state index in [1.807, 2.05) is 19.0 Å². The summed E-state index contributed by atoms with van der Waals surface area (Å²) < 4.78 is 5.26. The molecule has 1 unspecified atom stereocenters. The van der Waals surface area contributed by atoms with Crippen LogP contribution in [0.25, 0.3) is 0 Å². The SMILES string of the molecule is COc1nc(N(C)C)sc1CNCC(O)C1CC1. The van der Waals surface area contributed by atoms with Crippen LogP contribution in [0.2, 0.25) is 0 Å². The van der Waals surface area contributed by atoms with E-state index in [4.69, 9.17) is 4.74 Å². The summed E-state index contributed by atoms with van der Waals surface area (Å²) in [5.41, 5.74) is 0. The smallest absolute Gasteiger partial charge is 0.230 e. The minimum absolute atomic E-state index is 0.211. The molecule has 2 rings (SSSR count). The molecule has 0 spiro atoms.